The van der Waals surface area contributed by atoms with E-state index in [0.717, 1.165) is 22.3 Å². The predicted octanol–water partition coefficient (Wildman–Crippen LogP) is 12.0. The fourth-order valence-electron chi connectivity index (χ4n) is 13.1. The van der Waals surface area contributed by atoms with Gasteiger partial charge in [-0.25, -0.2) is 0 Å². The highest BCUT2D eigenvalue weighted by atomic mass is 16.5. The van der Waals surface area contributed by atoms with E-state index in [-0.39, 0.29) is 52.9 Å². The third kappa shape index (κ3) is 10.3. The number of hydrogen-bond acceptors (Lipinski definition) is 8. The van der Waals surface area contributed by atoms with Crippen LogP contribution < -0.4 is 0 Å². The number of aliphatic hydroxyl groups excluding tert-OH is 4. The zero-order valence-electron chi connectivity index (χ0n) is 45.4. The summed E-state index contributed by atoms with van der Waals surface area (Å²) in [6.45, 7) is 2.91. The van der Waals surface area contributed by atoms with Crippen molar-refractivity contribution in [3.05, 3.63) is 273 Å². The topological polar surface area (TPSA) is 118 Å². The van der Waals surface area contributed by atoms with E-state index in [1.54, 1.807) is 0 Å². The highest BCUT2D eigenvalue weighted by Crippen LogP contribution is 2.60. The van der Waals surface area contributed by atoms with Crippen molar-refractivity contribution in [2.24, 2.45) is 0 Å². The largest absolute Gasteiger partial charge is 0.394 e. The molecule has 0 saturated carbocycles. The van der Waals surface area contributed by atoms with E-state index in [9.17, 15) is 20.4 Å². The number of rotatable bonds is 26. The van der Waals surface area contributed by atoms with Gasteiger partial charge in [0.25, 0.3) is 0 Å². The summed E-state index contributed by atoms with van der Waals surface area (Å²) < 4.78 is 23.8. The molecule has 0 saturated heterocycles. The van der Waals surface area contributed by atoms with Crippen molar-refractivity contribution >= 4 is 0 Å². The Labute approximate surface area is 470 Å². The van der Waals surface area contributed by atoms with Crippen molar-refractivity contribution in [2.75, 3.05) is 79.3 Å². The number of aliphatic hydroxyl groups is 4. The van der Waals surface area contributed by atoms with Crippen molar-refractivity contribution in [1.29, 1.82) is 0 Å². The Morgan fingerprint density at radius 2 is 0.512 bits per heavy atom. The summed E-state index contributed by atoms with van der Waals surface area (Å²) in [4.78, 5) is 0. The molecular formula is C72H70O8. The Balaban J connectivity index is 1.08. The van der Waals surface area contributed by atoms with E-state index in [0.29, 0.717) is 52.1 Å². The minimum atomic E-state index is -0.721. The molecule has 0 spiro atoms. The average molecular weight is 1060 g/mol. The van der Waals surface area contributed by atoms with E-state index >= 15 is 0 Å². The van der Waals surface area contributed by atoms with Crippen molar-refractivity contribution in [2.45, 2.75) is 36.5 Å². The SMILES string of the molecule is OCCOCCc1ccccc1C1(c2ccccc2CCOCCO)c2ccccc2-c2ccc(-c3cccc(-c4ccc5c(c4)C(c4ccccc4CCOCCO)(c4ccccc4CCOCCO)c4ccccc4-5)c3)cc21. The van der Waals surface area contributed by atoms with Crippen LogP contribution >= 0.6 is 0 Å². The molecule has 0 radical (unpaired) electrons. The lowest BCUT2D eigenvalue weighted by Gasteiger charge is -2.37. The molecular weight excluding hydrogens is 993 g/mol. The molecule has 0 atom stereocenters. The summed E-state index contributed by atoms with van der Waals surface area (Å²) in [5.74, 6) is 0. The summed E-state index contributed by atoms with van der Waals surface area (Å²) in [6.07, 6.45) is 2.67. The average Bonchev–Trinajstić information content (AvgIpc) is 4.11. The smallest absolute Gasteiger partial charge is 0.0719 e. The summed E-state index contributed by atoms with van der Waals surface area (Å²) in [7, 11) is 0. The van der Waals surface area contributed by atoms with Gasteiger partial charge in [-0.15, -0.1) is 0 Å². The first-order valence-corrected chi connectivity index (χ1v) is 28.3. The van der Waals surface area contributed by atoms with E-state index in [2.05, 4.69) is 206 Å². The fourth-order valence-corrected chi connectivity index (χ4v) is 13.1. The Morgan fingerprint density at radius 1 is 0.237 bits per heavy atom. The van der Waals surface area contributed by atoms with Gasteiger partial charge in [0.1, 0.15) is 0 Å². The van der Waals surface area contributed by atoms with E-state index < -0.39 is 10.8 Å². The number of ether oxygens (including phenoxy) is 4. The molecule has 8 heteroatoms. The van der Waals surface area contributed by atoms with Gasteiger partial charge in [0.15, 0.2) is 0 Å². The molecule has 0 unspecified atom stereocenters. The van der Waals surface area contributed by atoms with Crippen LogP contribution in [-0.2, 0) is 55.5 Å². The Morgan fingerprint density at radius 3 is 0.838 bits per heavy atom. The van der Waals surface area contributed by atoms with E-state index in [1.807, 2.05) is 0 Å². The highest BCUT2D eigenvalue weighted by Gasteiger charge is 2.50. The molecule has 11 rings (SSSR count). The second-order valence-electron chi connectivity index (χ2n) is 20.7. The lowest BCUT2D eigenvalue weighted by atomic mass is 9.64. The molecule has 9 aromatic carbocycles. The Hall–Kier alpha value is -7.34. The van der Waals surface area contributed by atoms with Crippen LogP contribution in [0.4, 0.5) is 0 Å². The zero-order chi connectivity index (χ0) is 54.7. The molecule has 0 aromatic heterocycles. The molecule has 0 fully saturated rings. The van der Waals surface area contributed by atoms with Gasteiger partial charge in [-0.3, -0.25) is 0 Å². The van der Waals surface area contributed by atoms with E-state index in [4.69, 9.17) is 18.9 Å². The summed E-state index contributed by atoms with van der Waals surface area (Å²) in [5.41, 5.74) is 22.0. The van der Waals surface area contributed by atoms with Gasteiger partial charge in [0.2, 0.25) is 0 Å². The molecule has 80 heavy (non-hydrogen) atoms. The maximum atomic E-state index is 9.64. The molecule has 406 valence electrons. The normalized spacial score (nSPS) is 13.4. The first-order valence-electron chi connectivity index (χ1n) is 28.3. The van der Waals surface area contributed by atoms with Crippen molar-refractivity contribution < 1.29 is 39.4 Å². The molecule has 4 N–H and O–H groups in total. The van der Waals surface area contributed by atoms with Gasteiger partial charge < -0.3 is 39.4 Å². The monoisotopic (exact) mass is 1060 g/mol. The van der Waals surface area contributed by atoms with Gasteiger partial charge >= 0.3 is 0 Å². The highest BCUT2D eigenvalue weighted by molar-refractivity contribution is 5.91. The fraction of sp³-hybridized carbons (Fsp3) is 0.250. The third-order valence-corrected chi connectivity index (χ3v) is 16.3. The van der Waals surface area contributed by atoms with Crippen molar-refractivity contribution in [3.8, 4) is 44.5 Å². The van der Waals surface area contributed by atoms with Crippen LogP contribution in [-0.4, -0.2) is 99.7 Å². The van der Waals surface area contributed by atoms with Crippen LogP contribution in [0.25, 0.3) is 44.5 Å². The van der Waals surface area contributed by atoms with Gasteiger partial charge in [-0.1, -0.05) is 188 Å². The van der Waals surface area contributed by atoms with Gasteiger partial charge in [-0.05, 0) is 155 Å². The first kappa shape index (κ1) is 54.6. The Bertz CT molecular complexity index is 3220. The van der Waals surface area contributed by atoms with Crippen LogP contribution in [0.1, 0.15) is 66.8 Å². The van der Waals surface area contributed by atoms with Crippen LogP contribution in [0.3, 0.4) is 0 Å². The van der Waals surface area contributed by atoms with Crippen molar-refractivity contribution in [1.82, 2.24) is 0 Å². The Kier molecular flexibility index (Phi) is 17.3. The number of hydrogen-bond donors (Lipinski definition) is 4. The molecule has 0 heterocycles. The van der Waals surface area contributed by atoms with Crippen LogP contribution in [0.2, 0.25) is 0 Å². The molecule has 9 aromatic rings. The van der Waals surface area contributed by atoms with Gasteiger partial charge in [-0.2, -0.15) is 0 Å². The predicted molar refractivity (Wildman–Crippen MR) is 318 cm³/mol. The van der Waals surface area contributed by atoms with Crippen LogP contribution in [0.5, 0.6) is 0 Å². The number of fused-ring (bicyclic) bond motifs is 6. The lowest BCUT2D eigenvalue weighted by molar-refractivity contribution is 0.0941. The second kappa shape index (κ2) is 25.4. The quantitative estimate of drug-likeness (QED) is 0.0396. The van der Waals surface area contributed by atoms with Gasteiger partial charge in [0, 0.05) is 0 Å². The molecule has 2 aliphatic carbocycles. The van der Waals surface area contributed by atoms with Crippen LogP contribution in [0.15, 0.2) is 206 Å². The maximum Gasteiger partial charge on any atom is 0.0719 e. The summed E-state index contributed by atoms with van der Waals surface area (Å²) in [5, 5.41) is 38.6. The molecule has 2 aliphatic rings. The summed E-state index contributed by atoms with van der Waals surface area (Å²) >= 11 is 0. The maximum absolute atomic E-state index is 9.64. The minimum Gasteiger partial charge on any atom is -0.394 e. The summed E-state index contributed by atoms with van der Waals surface area (Å²) in [6, 6.07) is 75.9. The molecule has 0 aliphatic heterocycles. The van der Waals surface area contributed by atoms with Crippen LogP contribution in [0, 0.1) is 0 Å². The standard InChI is InChI=1S/C72H70O8/c73-36-44-77-40-32-51-14-1-7-22-63(51)71(64-23-8-2-15-52(64)33-41-78-45-37-74)67-26-11-5-20-59(67)61-30-28-57(49-69(61)71)55-18-13-19-56(48-55)58-29-31-62-60-21-6-12-27-68(60)72(70(62)50-58,65-24-9-3-16-53(65)34-42-79-46-38-75)66-25-10-4-17-54(66)35-43-80-47-39-76/h1-31,48-50,73-76H,32-47H2. The third-order valence-electron chi connectivity index (χ3n) is 16.3. The minimum absolute atomic E-state index is 0.0282. The second-order valence-corrected chi connectivity index (χ2v) is 20.7. The molecule has 0 amide bonds. The van der Waals surface area contributed by atoms with E-state index in [1.165, 1.54) is 89.0 Å². The van der Waals surface area contributed by atoms with Gasteiger partial charge in [0.05, 0.1) is 90.1 Å². The molecule has 0 bridgehead atoms. The van der Waals surface area contributed by atoms with Crippen molar-refractivity contribution in [3.63, 3.8) is 0 Å². The molecule has 8 nitrogen and oxygen atoms in total. The first-order chi connectivity index (χ1) is 39.6. The number of benzene rings is 9. The zero-order valence-corrected chi connectivity index (χ0v) is 45.4. The lowest BCUT2D eigenvalue weighted by Crippen LogP contribution is -2.32.